The van der Waals surface area contributed by atoms with Crippen LogP contribution in [0.4, 0.5) is 0 Å². The van der Waals surface area contributed by atoms with Gasteiger partial charge in [-0.2, -0.15) is 0 Å². The lowest BCUT2D eigenvalue weighted by molar-refractivity contribution is -0.147. The van der Waals surface area contributed by atoms with Crippen LogP contribution in [0.15, 0.2) is 12.2 Å². The highest BCUT2D eigenvalue weighted by molar-refractivity contribution is 5.99. The standard InChI is InChI=1S/C13H16O3/c14-10-2-4-12-3-1-8(5-9(12)6-10)13(7-16-13)11(12)15/h1,3,8-10,14H,2,4-7H2/t8-,9-,10+,12-,13+/m0/s1. The lowest BCUT2D eigenvalue weighted by Crippen LogP contribution is -2.58. The number of aliphatic hydroxyl groups is 1. The molecule has 3 fully saturated rings. The quantitative estimate of drug-likeness (QED) is 0.490. The zero-order valence-corrected chi connectivity index (χ0v) is 9.19. The van der Waals surface area contributed by atoms with Gasteiger partial charge in [-0.25, -0.2) is 0 Å². The predicted octanol–water partition coefficient (Wildman–Crippen LogP) is 1.06. The average Bonchev–Trinajstić information content (AvgIpc) is 3.06. The van der Waals surface area contributed by atoms with Crippen LogP contribution in [0, 0.1) is 17.3 Å². The minimum atomic E-state index is -0.437. The number of carbonyl (C=O) groups is 1. The van der Waals surface area contributed by atoms with Crippen molar-refractivity contribution in [2.45, 2.75) is 37.4 Å². The molecule has 2 bridgehead atoms. The molecule has 1 N–H and O–H groups in total. The van der Waals surface area contributed by atoms with Crippen LogP contribution in [0.2, 0.25) is 0 Å². The van der Waals surface area contributed by atoms with E-state index in [4.69, 9.17) is 4.74 Å². The van der Waals surface area contributed by atoms with Crippen molar-refractivity contribution in [3.8, 4) is 0 Å². The fraction of sp³-hybridized carbons (Fsp3) is 0.769. The second-order valence-electron chi connectivity index (χ2n) is 5.87. The Labute approximate surface area is 94.5 Å². The van der Waals surface area contributed by atoms with Crippen LogP contribution in [0.1, 0.15) is 25.7 Å². The van der Waals surface area contributed by atoms with Gasteiger partial charge in [0.05, 0.1) is 18.1 Å². The minimum Gasteiger partial charge on any atom is -0.393 e. The molecule has 3 heteroatoms. The van der Waals surface area contributed by atoms with Gasteiger partial charge in [0, 0.05) is 5.92 Å². The molecule has 5 aliphatic rings. The molecule has 2 spiro atoms. The van der Waals surface area contributed by atoms with Gasteiger partial charge in [0.15, 0.2) is 11.4 Å². The molecule has 4 aliphatic carbocycles. The van der Waals surface area contributed by atoms with Crippen LogP contribution in [0.25, 0.3) is 0 Å². The number of carbonyl (C=O) groups excluding carboxylic acids is 1. The Kier molecular flexibility index (Phi) is 1.52. The predicted molar refractivity (Wildman–Crippen MR) is 56.7 cm³/mol. The van der Waals surface area contributed by atoms with Gasteiger partial charge < -0.3 is 9.84 Å². The Bertz CT molecular complexity index is 396. The Morgan fingerprint density at radius 2 is 2.25 bits per heavy atom. The number of Topliss-reactive ketones (excluding diaryl/α,β-unsaturated/α-hetero) is 1. The topological polar surface area (TPSA) is 49.8 Å². The summed E-state index contributed by atoms with van der Waals surface area (Å²) >= 11 is 0. The van der Waals surface area contributed by atoms with E-state index in [2.05, 4.69) is 12.2 Å². The highest BCUT2D eigenvalue weighted by Gasteiger charge is 2.70. The van der Waals surface area contributed by atoms with Crippen LogP contribution in [-0.4, -0.2) is 29.2 Å². The molecule has 0 amide bonds. The van der Waals surface area contributed by atoms with E-state index < -0.39 is 5.60 Å². The first-order valence-corrected chi connectivity index (χ1v) is 6.24. The highest BCUT2D eigenvalue weighted by Crippen LogP contribution is 2.61. The third-order valence-electron chi connectivity index (χ3n) is 5.20. The van der Waals surface area contributed by atoms with E-state index in [1.807, 2.05) is 0 Å². The van der Waals surface area contributed by atoms with E-state index in [0.29, 0.717) is 18.3 Å². The molecule has 0 radical (unpaired) electrons. The van der Waals surface area contributed by atoms with E-state index in [1.54, 1.807) is 0 Å². The molecule has 1 heterocycles. The Hall–Kier alpha value is -0.670. The first kappa shape index (κ1) is 9.37. The number of epoxide rings is 1. The fourth-order valence-electron chi connectivity index (χ4n) is 4.17. The van der Waals surface area contributed by atoms with Crippen molar-refractivity contribution in [1.82, 2.24) is 0 Å². The normalized spacial score (nSPS) is 57.8. The molecular formula is C13H16O3. The summed E-state index contributed by atoms with van der Waals surface area (Å²) in [4.78, 5) is 12.6. The maximum absolute atomic E-state index is 12.6. The van der Waals surface area contributed by atoms with Crippen molar-refractivity contribution in [3.05, 3.63) is 12.2 Å². The van der Waals surface area contributed by atoms with Crippen LogP contribution in [0.5, 0.6) is 0 Å². The Morgan fingerprint density at radius 1 is 1.44 bits per heavy atom. The van der Waals surface area contributed by atoms with Gasteiger partial charge in [-0.3, -0.25) is 4.79 Å². The molecule has 2 saturated carbocycles. The summed E-state index contributed by atoms with van der Waals surface area (Å²) in [6.45, 7) is 0.623. The van der Waals surface area contributed by atoms with Crippen molar-refractivity contribution in [2.75, 3.05) is 6.61 Å². The number of ketones is 1. The van der Waals surface area contributed by atoms with Gasteiger partial charge in [-0.05, 0) is 31.6 Å². The molecule has 5 atom stereocenters. The Morgan fingerprint density at radius 3 is 3.00 bits per heavy atom. The van der Waals surface area contributed by atoms with Gasteiger partial charge in [-0.1, -0.05) is 12.2 Å². The minimum absolute atomic E-state index is 0.202. The molecule has 1 aliphatic heterocycles. The third kappa shape index (κ3) is 0.868. The van der Waals surface area contributed by atoms with Gasteiger partial charge >= 0.3 is 0 Å². The lowest BCUT2D eigenvalue weighted by Gasteiger charge is -2.52. The van der Waals surface area contributed by atoms with Gasteiger partial charge in [0.25, 0.3) is 0 Å². The zero-order chi connectivity index (χ0) is 11.0. The molecule has 1 saturated heterocycles. The maximum Gasteiger partial charge on any atom is 0.177 e. The van der Waals surface area contributed by atoms with Crippen molar-refractivity contribution >= 4 is 5.78 Å². The molecule has 0 aromatic carbocycles. The summed E-state index contributed by atoms with van der Waals surface area (Å²) in [6, 6.07) is 0. The van der Waals surface area contributed by atoms with Crippen molar-refractivity contribution in [3.63, 3.8) is 0 Å². The lowest BCUT2D eigenvalue weighted by atomic mass is 9.49. The monoisotopic (exact) mass is 220 g/mol. The number of hydrogen-bond donors (Lipinski definition) is 1. The number of hydrogen-bond acceptors (Lipinski definition) is 3. The van der Waals surface area contributed by atoms with Crippen LogP contribution in [-0.2, 0) is 9.53 Å². The summed E-state index contributed by atoms with van der Waals surface area (Å²) < 4.78 is 5.49. The van der Waals surface area contributed by atoms with E-state index in [1.165, 1.54) is 0 Å². The second-order valence-corrected chi connectivity index (χ2v) is 5.87. The summed E-state index contributed by atoms with van der Waals surface area (Å²) in [5.41, 5.74) is -0.724. The summed E-state index contributed by atoms with van der Waals surface area (Å²) in [6.07, 6.45) is 7.52. The van der Waals surface area contributed by atoms with Crippen LogP contribution < -0.4 is 0 Å². The molecule has 0 aromatic rings. The summed E-state index contributed by atoms with van der Waals surface area (Å²) in [7, 11) is 0. The number of rotatable bonds is 0. The van der Waals surface area contributed by atoms with E-state index in [0.717, 1.165) is 25.7 Å². The van der Waals surface area contributed by atoms with Crippen molar-refractivity contribution in [1.29, 1.82) is 0 Å². The number of ether oxygens (including phenoxy) is 1. The van der Waals surface area contributed by atoms with E-state index in [-0.39, 0.29) is 17.4 Å². The average molecular weight is 220 g/mol. The Balaban J connectivity index is 1.81. The number of allylic oxidation sites excluding steroid dienone is 1. The summed E-state index contributed by atoms with van der Waals surface area (Å²) in [5.74, 6) is 0.946. The summed E-state index contributed by atoms with van der Waals surface area (Å²) in [5, 5.41) is 9.74. The van der Waals surface area contributed by atoms with E-state index in [9.17, 15) is 9.90 Å². The molecule has 5 rings (SSSR count). The molecular weight excluding hydrogens is 204 g/mol. The van der Waals surface area contributed by atoms with E-state index >= 15 is 0 Å². The largest absolute Gasteiger partial charge is 0.393 e. The van der Waals surface area contributed by atoms with Gasteiger partial charge in [0.2, 0.25) is 0 Å². The zero-order valence-electron chi connectivity index (χ0n) is 9.19. The maximum atomic E-state index is 12.6. The van der Waals surface area contributed by atoms with Crippen molar-refractivity contribution < 1.29 is 14.6 Å². The third-order valence-corrected chi connectivity index (χ3v) is 5.20. The molecule has 0 unspecified atom stereocenters. The first-order chi connectivity index (χ1) is 7.67. The SMILES string of the molecule is O=C1[C@@]2(CO2)[C@H]2C=C[C@@]13CC[C@@H](O)C[C@@H]3C2. The van der Waals surface area contributed by atoms with Gasteiger partial charge in [0.1, 0.15) is 0 Å². The van der Waals surface area contributed by atoms with Crippen LogP contribution >= 0.6 is 0 Å². The molecule has 86 valence electrons. The molecule has 3 nitrogen and oxygen atoms in total. The second kappa shape index (κ2) is 2.59. The fourth-order valence-corrected chi connectivity index (χ4v) is 4.17. The van der Waals surface area contributed by atoms with Crippen molar-refractivity contribution in [2.24, 2.45) is 17.3 Å². The molecule has 0 aromatic heterocycles. The number of aliphatic hydroxyl groups excluding tert-OH is 1. The van der Waals surface area contributed by atoms with Gasteiger partial charge in [-0.15, -0.1) is 0 Å². The first-order valence-electron chi connectivity index (χ1n) is 6.24. The molecule has 16 heavy (non-hydrogen) atoms. The highest BCUT2D eigenvalue weighted by atomic mass is 16.6. The smallest absolute Gasteiger partial charge is 0.177 e. The van der Waals surface area contributed by atoms with Crippen LogP contribution in [0.3, 0.4) is 0 Å².